The highest BCUT2D eigenvalue weighted by Crippen LogP contribution is 2.29. The second-order valence-electron chi connectivity index (χ2n) is 3.29. The molecular formula is C9H13N. The van der Waals surface area contributed by atoms with Gasteiger partial charge < -0.3 is 5.32 Å². The van der Waals surface area contributed by atoms with Gasteiger partial charge in [-0.15, -0.1) is 0 Å². The first kappa shape index (κ1) is 6.02. The molecule has 1 heteroatoms. The van der Waals surface area contributed by atoms with Crippen LogP contribution in [0.25, 0.3) is 0 Å². The molecule has 2 rings (SSSR count). The van der Waals surface area contributed by atoms with Gasteiger partial charge >= 0.3 is 0 Å². The monoisotopic (exact) mass is 135 g/mol. The van der Waals surface area contributed by atoms with Crippen LogP contribution in [0.5, 0.6) is 0 Å². The van der Waals surface area contributed by atoms with E-state index in [9.17, 15) is 0 Å². The summed E-state index contributed by atoms with van der Waals surface area (Å²) in [5.74, 6) is 1.50. The van der Waals surface area contributed by atoms with Crippen molar-refractivity contribution < 1.29 is 0 Å². The Labute approximate surface area is 61.8 Å². The van der Waals surface area contributed by atoms with Crippen molar-refractivity contribution in [3.8, 4) is 0 Å². The molecule has 0 saturated carbocycles. The van der Waals surface area contributed by atoms with E-state index in [4.69, 9.17) is 0 Å². The van der Waals surface area contributed by atoms with Crippen LogP contribution < -0.4 is 5.32 Å². The highest BCUT2D eigenvalue weighted by atomic mass is 14.9. The number of hydrogen-bond acceptors (Lipinski definition) is 1. The van der Waals surface area contributed by atoms with Crippen molar-refractivity contribution >= 4 is 0 Å². The first-order chi connectivity index (χ1) is 4.86. The van der Waals surface area contributed by atoms with E-state index < -0.39 is 0 Å². The van der Waals surface area contributed by atoms with Crippen molar-refractivity contribution in [1.82, 2.24) is 5.32 Å². The van der Waals surface area contributed by atoms with Crippen LogP contribution in [0.2, 0.25) is 0 Å². The summed E-state index contributed by atoms with van der Waals surface area (Å²) < 4.78 is 0. The molecule has 1 N–H and O–H groups in total. The molecule has 0 radical (unpaired) electrons. The Hall–Kier alpha value is -0.720. The molecule has 0 aromatic carbocycles. The topological polar surface area (TPSA) is 12.0 Å². The Morgan fingerprint density at radius 1 is 1.50 bits per heavy atom. The van der Waals surface area contributed by atoms with E-state index in [1.165, 1.54) is 18.5 Å². The highest BCUT2D eigenvalue weighted by molar-refractivity contribution is 5.22. The minimum atomic E-state index is 0.719. The summed E-state index contributed by atoms with van der Waals surface area (Å²) in [5.41, 5.74) is 1.43. The van der Waals surface area contributed by atoms with Gasteiger partial charge in [-0.25, -0.2) is 0 Å². The van der Waals surface area contributed by atoms with E-state index in [2.05, 4.69) is 30.6 Å². The summed E-state index contributed by atoms with van der Waals surface area (Å²) in [6, 6.07) is 0. The van der Waals surface area contributed by atoms with Crippen LogP contribution in [-0.2, 0) is 0 Å². The predicted molar refractivity (Wildman–Crippen MR) is 42.2 cm³/mol. The molecule has 0 spiro atoms. The molecule has 54 valence electrons. The number of nitrogens with one attached hydrogen (secondary N) is 1. The van der Waals surface area contributed by atoms with E-state index in [-0.39, 0.29) is 0 Å². The third-order valence-electron chi connectivity index (χ3n) is 2.38. The fourth-order valence-electron chi connectivity index (χ4n) is 1.73. The van der Waals surface area contributed by atoms with Gasteiger partial charge in [0, 0.05) is 11.6 Å². The smallest absolute Gasteiger partial charge is 0.0184 e. The first-order valence-corrected chi connectivity index (χ1v) is 4.01. The van der Waals surface area contributed by atoms with E-state index in [1.54, 1.807) is 0 Å². The summed E-state index contributed by atoms with van der Waals surface area (Å²) in [5, 5.41) is 3.27. The molecule has 1 heterocycles. The quantitative estimate of drug-likeness (QED) is 0.536. The Kier molecular flexibility index (Phi) is 1.30. The van der Waals surface area contributed by atoms with E-state index >= 15 is 0 Å². The minimum Gasteiger partial charge on any atom is -0.365 e. The van der Waals surface area contributed by atoms with Gasteiger partial charge in [-0.2, -0.15) is 0 Å². The molecule has 1 aliphatic heterocycles. The zero-order valence-corrected chi connectivity index (χ0v) is 6.30. The maximum absolute atomic E-state index is 3.27. The van der Waals surface area contributed by atoms with E-state index in [0.29, 0.717) is 0 Å². The second-order valence-corrected chi connectivity index (χ2v) is 3.29. The normalized spacial score (nSPS) is 36.7. The lowest BCUT2D eigenvalue weighted by Gasteiger charge is -2.20. The molecule has 0 bridgehead atoms. The Morgan fingerprint density at radius 3 is 3.30 bits per heavy atom. The first-order valence-electron chi connectivity index (χ1n) is 4.01. The van der Waals surface area contributed by atoms with Gasteiger partial charge in [-0.05, 0) is 25.0 Å². The standard InChI is InChI=1S/C9H13N/c1-7-2-3-8-4-5-10-9(8)6-7/h4-8,10H,2-3H2,1H3. The molecule has 0 saturated heterocycles. The molecule has 1 nitrogen and oxygen atoms in total. The average Bonchev–Trinajstić information content (AvgIpc) is 2.33. The molecule has 0 aromatic rings. The van der Waals surface area contributed by atoms with Crippen LogP contribution in [0.3, 0.4) is 0 Å². The van der Waals surface area contributed by atoms with Gasteiger partial charge in [-0.3, -0.25) is 0 Å². The van der Waals surface area contributed by atoms with Crippen LogP contribution in [0.15, 0.2) is 24.0 Å². The largest absolute Gasteiger partial charge is 0.365 e. The van der Waals surface area contributed by atoms with Crippen LogP contribution in [0.4, 0.5) is 0 Å². The van der Waals surface area contributed by atoms with Gasteiger partial charge in [0.15, 0.2) is 0 Å². The molecule has 2 unspecified atom stereocenters. The number of fused-ring (bicyclic) bond motifs is 1. The third-order valence-corrected chi connectivity index (χ3v) is 2.38. The molecule has 2 aliphatic rings. The minimum absolute atomic E-state index is 0.719. The molecule has 0 amide bonds. The zero-order valence-electron chi connectivity index (χ0n) is 6.30. The lowest BCUT2D eigenvalue weighted by molar-refractivity contribution is 0.506. The van der Waals surface area contributed by atoms with Crippen LogP contribution in [0.1, 0.15) is 19.8 Å². The predicted octanol–water partition coefficient (Wildman–Crippen LogP) is 2.03. The maximum atomic E-state index is 3.27. The van der Waals surface area contributed by atoms with Crippen LogP contribution in [-0.4, -0.2) is 0 Å². The molecule has 1 aliphatic carbocycles. The summed E-state index contributed by atoms with van der Waals surface area (Å²) in [7, 11) is 0. The van der Waals surface area contributed by atoms with Crippen molar-refractivity contribution in [3.63, 3.8) is 0 Å². The fourth-order valence-corrected chi connectivity index (χ4v) is 1.73. The van der Waals surface area contributed by atoms with Gasteiger partial charge in [0.05, 0.1) is 0 Å². The molecule has 0 fully saturated rings. The average molecular weight is 135 g/mol. The van der Waals surface area contributed by atoms with E-state index in [0.717, 1.165) is 11.8 Å². The molecule has 10 heavy (non-hydrogen) atoms. The Balaban J connectivity index is 2.21. The fraction of sp³-hybridized carbons (Fsp3) is 0.556. The SMILES string of the molecule is CC1C=C2NC=CC2CC1. The molecule has 2 atom stereocenters. The maximum Gasteiger partial charge on any atom is 0.0184 e. The summed E-state index contributed by atoms with van der Waals surface area (Å²) >= 11 is 0. The summed E-state index contributed by atoms with van der Waals surface area (Å²) in [4.78, 5) is 0. The molecular weight excluding hydrogens is 122 g/mol. The van der Waals surface area contributed by atoms with Gasteiger partial charge in [0.2, 0.25) is 0 Å². The van der Waals surface area contributed by atoms with Crippen molar-refractivity contribution in [2.45, 2.75) is 19.8 Å². The highest BCUT2D eigenvalue weighted by Gasteiger charge is 2.20. The van der Waals surface area contributed by atoms with Crippen molar-refractivity contribution in [2.75, 3.05) is 0 Å². The Morgan fingerprint density at radius 2 is 2.40 bits per heavy atom. The van der Waals surface area contributed by atoms with Gasteiger partial charge in [-0.1, -0.05) is 19.1 Å². The number of allylic oxidation sites excluding steroid dienone is 2. The third kappa shape index (κ3) is 0.859. The van der Waals surface area contributed by atoms with Gasteiger partial charge in [0.1, 0.15) is 0 Å². The second kappa shape index (κ2) is 2.15. The number of hydrogen-bond donors (Lipinski definition) is 1. The summed E-state index contributed by atoms with van der Waals surface area (Å²) in [6.45, 7) is 2.28. The lowest BCUT2D eigenvalue weighted by Crippen LogP contribution is -2.14. The Bertz CT molecular complexity index is 191. The van der Waals surface area contributed by atoms with Crippen molar-refractivity contribution in [2.24, 2.45) is 11.8 Å². The van der Waals surface area contributed by atoms with E-state index in [1.807, 2.05) is 0 Å². The van der Waals surface area contributed by atoms with Crippen LogP contribution in [0, 0.1) is 11.8 Å². The van der Waals surface area contributed by atoms with Crippen molar-refractivity contribution in [3.05, 3.63) is 24.0 Å². The molecule has 0 aromatic heterocycles. The van der Waals surface area contributed by atoms with Gasteiger partial charge in [0.25, 0.3) is 0 Å². The summed E-state index contributed by atoms with van der Waals surface area (Å²) in [6.07, 6.45) is 9.36. The van der Waals surface area contributed by atoms with Crippen LogP contribution >= 0.6 is 0 Å². The number of rotatable bonds is 0. The zero-order chi connectivity index (χ0) is 6.97. The lowest BCUT2D eigenvalue weighted by atomic mass is 9.88. The van der Waals surface area contributed by atoms with Crippen molar-refractivity contribution in [1.29, 1.82) is 0 Å².